The molecule has 1 aromatic rings. The number of nitrogens with one attached hydrogen (secondary N) is 1. The summed E-state index contributed by atoms with van der Waals surface area (Å²) in [5.74, 6) is -0.944. The molecule has 9 heteroatoms. The van der Waals surface area contributed by atoms with Crippen molar-refractivity contribution < 1.29 is 22.9 Å². The Kier molecular flexibility index (Phi) is 5.53. The van der Waals surface area contributed by atoms with Crippen molar-refractivity contribution in [3.63, 3.8) is 0 Å². The number of rotatable bonds is 6. The van der Waals surface area contributed by atoms with E-state index in [1.165, 1.54) is 18.6 Å². The lowest BCUT2D eigenvalue weighted by molar-refractivity contribution is -0.117. The third-order valence-corrected chi connectivity index (χ3v) is 5.89. The van der Waals surface area contributed by atoms with Gasteiger partial charge in [-0.15, -0.1) is 0 Å². The number of carbonyl (C=O) groups is 1. The molecule has 6 nitrogen and oxygen atoms in total. The van der Waals surface area contributed by atoms with E-state index in [1.807, 2.05) is 0 Å². The van der Waals surface area contributed by atoms with Crippen LogP contribution in [0.4, 0.5) is 14.6 Å². The first kappa shape index (κ1) is 18.1. The molecule has 3 rings (SSSR count). The Morgan fingerprint density at radius 2 is 2.24 bits per heavy atom. The molecule has 138 valence electrons. The molecular formula is C16H21F2N3O3S. The molecule has 1 amide bonds. The molecule has 2 atom stereocenters. The average Bonchev–Trinajstić information content (AvgIpc) is 3.18. The summed E-state index contributed by atoms with van der Waals surface area (Å²) < 4.78 is 42.3. The van der Waals surface area contributed by atoms with Gasteiger partial charge in [0.25, 0.3) is 5.91 Å². The molecule has 1 aromatic carbocycles. The molecule has 25 heavy (non-hydrogen) atoms. The number of nitrogens with zero attached hydrogens (tertiary/aromatic N) is 2. The molecule has 2 fully saturated rings. The van der Waals surface area contributed by atoms with Crippen molar-refractivity contribution in [2.45, 2.75) is 26.2 Å². The van der Waals surface area contributed by atoms with Crippen LogP contribution in [0.15, 0.2) is 12.1 Å². The Morgan fingerprint density at radius 3 is 2.84 bits per heavy atom. The van der Waals surface area contributed by atoms with Crippen LogP contribution >= 0.6 is 0 Å². The molecule has 2 saturated heterocycles. The van der Waals surface area contributed by atoms with Crippen molar-refractivity contribution in [3.05, 3.63) is 23.5 Å². The van der Waals surface area contributed by atoms with Crippen LogP contribution in [0.3, 0.4) is 0 Å². The van der Waals surface area contributed by atoms with Gasteiger partial charge in [-0.05, 0) is 43.0 Å². The second-order valence-electron chi connectivity index (χ2n) is 6.43. The van der Waals surface area contributed by atoms with Gasteiger partial charge in [0, 0.05) is 17.6 Å². The minimum absolute atomic E-state index is 0.310. The van der Waals surface area contributed by atoms with E-state index in [0.29, 0.717) is 17.9 Å². The van der Waals surface area contributed by atoms with E-state index in [-0.39, 0.29) is 18.0 Å². The third-order valence-electron chi connectivity index (χ3n) is 4.77. The number of anilines is 1. The van der Waals surface area contributed by atoms with Gasteiger partial charge in [0.1, 0.15) is 12.2 Å². The number of hydrogen-bond donors (Lipinski definition) is 1. The summed E-state index contributed by atoms with van der Waals surface area (Å²) in [6.45, 7) is 4.67. The minimum atomic E-state index is -1.94. The van der Waals surface area contributed by atoms with Gasteiger partial charge in [-0.25, -0.2) is 8.60 Å². The molecule has 2 heterocycles. The SMILES string of the molecule is CCC1CCN(CCc2cc(F)c(N3CC(=O)NS3=O)c(OF)c2)C1. The van der Waals surface area contributed by atoms with E-state index in [2.05, 4.69) is 21.5 Å². The lowest BCUT2D eigenvalue weighted by atomic mass is 10.1. The van der Waals surface area contributed by atoms with Gasteiger partial charge in [-0.1, -0.05) is 13.3 Å². The highest BCUT2D eigenvalue weighted by molar-refractivity contribution is 7.85. The summed E-state index contributed by atoms with van der Waals surface area (Å²) in [5, 5.41) is 0. The van der Waals surface area contributed by atoms with Crippen molar-refractivity contribution in [2.75, 3.05) is 30.5 Å². The van der Waals surface area contributed by atoms with E-state index in [0.717, 1.165) is 30.4 Å². The Labute approximate surface area is 147 Å². The van der Waals surface area contributed by atoms with Gasteiger partial charge >= 0.3 is 0 Å². The predicted octanol–water partition coefficient (Wildman–Crippen LogP) is 1.88. The maximum Gasteiger partial charge on any atom is 0.253 e. The van der Waals surface area contributed by atoms with Gasteiger partial charge in [-0.3, -0.25) is 18.8 Å². The molecule has 2 unspecified atom stereocenters. The zero-order chi connectivity index (χ0) is 18.0. The lowest BCUT2D eigenvalue weighted by Gasteiger charge is -2.19. The molecule has 0 spiro atoms. The summed E-state index contributed by atoms with van der Waals surface area (Å²) in [7, 11) is 0. The van der Waals surface area contributed by atoms with Gasteiger partial charge in [0.15, 0.2) is 11.6 Å². The van der Waals surface area contributed by atoms with Crippen LogP contribution in [0.5, 0.6) is 5.75 Å². The maximum absolute atomic E-state index is 14.5. The fourth-order valence-corrected chi connectivity index (χ4v) is 4.29. The van der Waals surface area contributed by atoms with Gasteiger partial charge < -0.3 is 4.90 Å². The fraction of sp³-hybridized carbons (Fsp3) is 0.562. The lowest BCUT2D eigenvalue weighted by Crippen LogP contribution is -2.25. The summed E-state index contributed by atoms with van der Waals surface area (Å²) in [6, 6.07) is 2.68. The van der Waals surface area contributed by atoms with Crippen molar-refractivity contribution in [3.8, 4) is 5.75 Å². The molecule has 2 aliphatic rings. The Morgan fingerprint density at radius 1 is 1.44 bits per heavy atom. The van der Waals surface area contributed by atoms with Crippen LogP contribution in [0, 0.1) is 11.7 Å². The standard InChI is InChI=1S/C16H21F2N3O3S/c1-2-11-3-5-20(9-11)6-4-12-7-13(17)16(14(8-12)24-18)21-10-15(22)19-25(21)23/h7-8,11H,2-6,9-10H2,1H3,(H,19,22). The van der Waals surface area contributed by atoms with Crippen molar-refractivity contribution in [1.29, 1.82) is 0 Å². The van der Waals surface area contributed by atoms with Gasteiger partial charge in [0.05, 0.1) is 0 Å². The molecule has 0 aliphatic carbocycles. The van der Waals surface area contributed by atoms with Gasteiger partial charge in [0.2, 0.25) is 11.2 Å². The molecule has 1 N–H and O–H groups in total. The number of carbonyl (C=O) groups excluding carboxylic acids is 1. The highest BCUT2D eigenvalue weighted by Crippen LogP contribution is 2.35. The quantitative estimate of drug-likeness (QED) is 0.827. The summed E-state index contributed by atoms with van der Waals surface area (Å²) in [6.07, 6.45) is 2.88. The first-order valence-corrected chi connectivity index (χ1v) is 9.44. The predicted molar refractivity (Wildman–Crippen MR) is 90.3 cm³/mol. The van der Waals surface area contributed by atoms with Crippen LogP contribution in [0.1, 0.15) is 25.3 Å². The van der Waals surface area contributed by atoms with Crippen LogP contribution in [-0.4, -0.2) is 41.2 Å². The van der Waals surface area contributed by atoms with Gasteiger partial charge in [-0.2, -0.15) is 0 Å². The first-order valence-electron chi connectivity index (χ1n) is 8.34. The molecular weight excluding hydrogens is 352 g/mol. The molecule has 0 saturated carbocycles. The summed E-state index contributed by atoms with van der Waals surface area (Å²) in [5.41, 5.74) is 0.285. The molecule has 2 aliphatic heterocycles. The van der Waals surface area contributed by atoms with E-state index < -0.39 is 22.9 Å². The van der Waals surface area contributed by atoms with Crippen LogP contribution in [0.2, 0.25) is 0 Å². The number of amides is 1. The van der Waals surface area contributed by atoms with E-state index in [9.17, 15) is 17.9 Å². The van der Waals surface area contributed by atoms with Crippen LogP contribution in [-0.2, 0) is 22.4 Å². The van der Waals surface area contributed by atoms with Crippen LogP contribution < -0.4 is 14.0 Å². The van der Waals surface area contributed by atoms with Crippen LogP contribution in [0.25, 0.3) is 0 Å². The Bertz CT molecular complexity index is 689. The highest BCUT2D eigenvalue weighted by Gasteiger charge is 2.32. The zero-order valence-corrected chi connectivity index (χ0v) is 14.8. The van der Waals surface area contributed by atoms with E-state index in [4.69, 9.17) is 0 Å². The molecule has 0 aromatic heterocycles. The third kappa shape index (κ3) is 3.92. The number of halogens is 2. The van der Waals surface area contributed by atoms with E-state index in [1.54, 1.807) is 0 Å². The second kappa shape index (κ2) is 7.65. The monoisotopic (exact) mass is 373 g/mol. The number of benzene rings is 1. The largest absolute Gasteiger partial charge is 0.303 e. The summed E-state index contributed by atoms with van der Waals surface area (Å²) in [4.78, 5) is 17.4. The number of hydrogen-bond acceptors (Lipinski definition) is 4. The minimum Gasteiger partial charge on any atom is -0.303 e. The fourth-order valence-electron chi connectivity index (χ4n) is 3.34. The second-order valence-corrected chi connectivity index (χ2v) is 7.57. The summed E-state index contributed by atoms with van der Waals surface area (Å²) >= 11 is -1.94. The zero-order valence-electron chi connectivity index (χ0n) is 14.0. The molecule has 0 radical (unpaired) electrons. The Balaban J connectivity index is 1.73. The Hall–Kier alpha value is -1.74. The highest BCUT2D eigenvalue weighted by atomic mass is 32.2. The maximum atomic E-state index is 14.5. The normalized spacial score (nSPS) is 24.0. The molecule has 0 bridgehead atoms. The number of likely N-dealkylation sites (tertiary alicyclic amines) is 1. The first-order chi connectivity index (χ1) is 12.0. The average molecular weight is 373 g/mol. The topological polar surface area (TPSA) is 61.9 Å². The van der Waals surface area contributed by atoms with Crippen molar-refractivity contribution in [2.24, 2.45) is 5.92 Å². The van der Waals surface area contributed by atoms with Crippen molar-refractivity contribution in [1.82, 2.24) is 9.62 Å². The van der Waals surface area contributed by atoms with Crippen molar-refractivity contribution >= 4 is 22.8 Å². The van der Waals surface area contributed by atoms with E-state index >= 15 is 0 Å². The smallest absolute Gasteiger partial charge is 0.253 e.